The summed E-state index contributed by atoms with van der Waals surface area (Å²) in [6.45, 7) is -5.79. The maximum Gasteiger partial charge on any atom is 0.572 e. The normalized spacial score (nSPS) is 12.6. The van der Waals surface area contributed by atoms with Crippen molar-refractivity contribution < 1.29 is 36.0 Å². The highest BCUT2D eigenvalue weighted by Crippen LogP contribution is 2.28. The van der Waals surface area contributed by atoms with Gasteiger partial charge >= 0.3 is 13.3 Å². The standard InChI is InChI=1S/C7H4BF6O2/c9-7(10,11)16-5-3-1-2-4(15)6(5)8(12,13)14/h1-3,15H/q-1. The van der Waals surface area contributed by atoms with Gasteiger partial charge in [0.05, 0.1) is 5.75 Å². The number of phenolic OH excluding ortho intramolecular Hbond substituents is 1. The molecule has 0 aromatic heterocycles. The second-order valence-electron chi connectivity index (χ2n) is 2.81. The summed E-state index contributed by atoms with van der Waals surface area (Å²) in [7, 11) is 0. The molecule has 1 aromatic rings. The molecule has 1 N–H and O–H groups in total. The minimum Gasteiger partial charge on any atom is -0.511 e. The molecule has 0 saturated heterocycles. The van der Waals surface area contributed by atoms with Crippen LogP contribution in [0, 0.1) is 0 Å². The fraction of sp³-hybridized carbons (Fsp3) is 0.143. The van der Waals surface area contributed by atoms with E-state index in [9.17, 15) is 26.1 Å². The highest BCUT2D eigenvalue weighted by Gasteiger charge is 2.37. The molecule has 90 valence electrons. The Morgan fingerprint density at radius 1 is 1.12 bits per heavy atom. The van der Waals surface area contributed by atoms with Crippen LogP contribution in [0.2, 0.25) is 0 Å². The summed E-state index contributed by atoms with van der Waals surface area (Å²) in [4.78, 5) is 0. The summed E-state index contributed by atoms with van der Waals surface area (Å²) in [6, 6.07) is 1.94. The second kappa shape index (κ2) is 3.80. The minimum absolute atomic E-state index is 0.484. The van der Waals surface area contributed by atoms with Gasteiger partial charge in [-0.3, -0.25) is 0 Å². The van der Waals surface area contributed by atoms with Gasteiger partial charge in [0.25, 0.3) is 0 Å². The average Bonchev–Trinajstić information content (AvgIpc) is 1.97. The van der Waals surface area contributed by atoms with Gasteiger partial charge in [0.15, 0.2) is 0 Å². The Bertz CT molecular complexity index is 385. The topological polar surface area (TPSA) is 29.5 Å². The van der Waals surface area contributed by atoms with E-state index in [2.05, 4.69) is 4.74 Å². The average molecular weight is 245 g/mol. The lowest BCUT2D eigenvalue weighted by atomic mass is 9.78. The lowest BCUT2D eigenvalue weighted by Crippen LogP contribution is -2.37. The van der Waals surface area contributed by atoms with Gasteiger partial charge < -0.3 is 22.8 Å². The van der Waals surface area contributed by atoms with Crippen molar-refractivity contribution in [2.75, 3.05) is 0 Å². The number of aromatic hydroxyl groups is 1. The molecule has 9 heteroatoms. The Hall–Kier alpha value is -1.54. The Labute approximate surface area is 85.5 Å². The molecule has 0 amide bonds. The number of phenols is 1. The van der Waals surface area contributed by atoms with Crippen molar-refractivity contribution in [1.82, 2.24) is 0 Å². The van der Waals surface area contributed by atoms with Crippen LogP contribution in [0.15, 0.2) is 18.2 Å². The van der Waals surface area contributed by atoms with E-state index in [1.165, 1.54) is 0 Å². The number of hydrogen-bond donors (Lipinski definition) is 1. The molecule has 0 spiro atoms. The molecule has 0 aliphatic carbocycles. The molecule has 2 nitrogen and oxygen atoms in total. The highest BCUT2D eigenvalue weighted by molar-refractivity contribution is 6.75. The van der Waals surface area contributed by atoms with Gasteiger partial charge in [0.1, 0.15) is 5.75 Å². The Balaban J connectivity index is 3.24. The van der Waals surface area contributed by atoms with E-state index >= 15 is 0 Å². The summed E-state index contributed by atoms with van der Waals surface area (Å²) < 4.78 is 75.5. The predicted octanol–water partition coefficient (Wildman–Crippen LogP) is 2.35. The van der Waals surface area contributed by atoms with Gasteiger partial charge in [-0.2, -0.15) is 0 Å². The quantitative estimate of drug-likeness (QED) is 0.640. The van der Waals surface area contributed by atoms with E-state index in [1.54, 1.807) is 0 Å². The van der Waals surface area contributed by atoms with Crippen LogP contribution < -0.4 is 10.2 Å². The largest absolute Gasteiger partial charge is 0.572 e. The van der Waals surface area contributed by atoms with E-state index in [-0.39, 0.29) is 0 Å². The van der Waals surface area contributed by atoms with Gasteiger partial charge in [0.2, 0.25) is 0 Å². The van der Waals surface area contributed by atoms with Crippen LogP contribution in [0.1, 0.15) is 0 Å². The zero-order valence-corrected chi connectivity index (χ0v) is 7.43. The molecule has 0 atom stereocenters. The molecule has 0 aliphatic rings. The van der Waals surface area contributed by atoms with E-state index in [0.717, 1.165) is 6.07 Å². The molecule has 0 radical (unpaired) electrons. The molecule has 0 aliphatic heterocycles. The van der Waals surface area contributed by atoms with Crippen LogP contribution in [-0.4, -0.2) is 18.4 Å². The molecular weight excluding hydrogens is 241 g/mol. The zero-order chi connectivity index (χ0) is 12.6. The van der Waals surface area contributed by atoms with E-state index in [4.69, 9.17) is 5.11 Å². The van der Waals surface area contributed by atoms with Crippen molar-refractivity contribution in [2.45, 2.75) is 6.36 Å². The summed E-state index contributed by atoms with van der Waals surface area (Å²) in [5.41, 5.74) is -1.79. The zero-order valence-electron chi connectivity index (χ0n) is 7.43. The highest BCUT2D eigenvalue weighted by atomic mass is 19.4. The van der Waals surface area contributed by atoms with Gasteiger partial charge in [0, 0.05) is 0 Å². The van der Waals surface area contributed by atoms with Crippen molar-refractivity contribution in [3.63, 3.8) is 0 Å². The van der Waals surface area contributed by atoms with Crippen LogP contribution in [0.3, 0.4) is 0 Å². The number of ether oxygens (including phenoxy) is 1. The Morgan fingerprint density at radius 2 is 1.69 bits per heavy atom. The first-order valence-electron chi connectivity index (χ1n) is 3.89. The molecule has 0 unspecified atom stereocenters. The van der Waals surface area contributed by atoms with E-state index < -0.39 is 30.3 Å². The van der Waals surface area contributed by atoms with Crippen LogP contribution in [0.5, 0.6) is 11.5 Å². The minimum atomic E-state index is -5.79. The first-order valence-corrected chi connectivity index (χ1v) is 3.89. The molecule has 1 aromatic carbocycles. The molecule has 0 saturated carbocycles. The molecule has 1 rings (SSSR count). The summed E-state index contributed by atoms with van der Waals surface area (Å²) in [5, 5.41) is 8.87. The van der Waals surface area contributed by atoms with Gasteiger partial charge in [-0.25, -0.2) is 0 Å². The molecule has 0 bridgehead atoms. The maximum absolute atomic E-state index is 12.3. The molecule has 16 heavy (non-hydrogen) atoms. The van der Waals surface area contributed by atoms with Gasteiger partial charge in [-0.05, 0) is 17.6 Å². The first-order chi connectivity index (χ1) is 7.11. The predicted molar refractivity (Wildman–Crippen MR) is 43.5 cm³/mol. The number of benzene rings is 1. The fourth-order valence-electron chi connectivity index (χ4n) is 1.08. The molecular formula is C7H4BF6O2-. The SMILES string of the molecule is Oc1cccc(OC(F)(F)F)c1[B-](F)(F)F. The van der Waals surface area contributed by atoms with Crippen LogP contribution in [0.4, 0.5) is 26.1 Å². The van der Waals surface area contributed by atoms with E-state index in [0.29, 0.717) is 12.1 Å². The molecule has 0 fully saturated rings. The van der Waals surface area contributed by atoms with E-state index in [1.807, 2.05) is 0 Å². The smallest absolute Gasteiger partial charge is 0.511 e. The van der Waals surface area contributed by atoms with Gasteiger partial charge in [-0.1, -0.05) is 6.07 Å². The fourth-order valence-corrected chi connectivity index (χ4v) is 1.08. The van der Waals surface area contributed by atoms with Crippen molar-refractivity contribution in [3.8, 4) is 11.5 Å². The second-order valence-corrected chi connectivity index (χ2v) is 2.81. The van der Waals surface area contributed by atoms with Crippen molar-refractivity contribution in [3.05, 3.63) is 18.2 Å². The molecule has 0 heterocycles. The first kappa shape index (κ1) is 12.5. The number of halogens is 6. The Kier molecular flexibility index (Phi) is 2.98. The van der Waals surface area contributed by atoms with Crippen LogP contribution in [-0.2, 0) is 0 Å². The third kappa shape index (κ3) is 2.98. The summed E-state index contributed by atoms with van der Waals surface area (Å²) in [5.74, 6) is -2.76. The van der Waals surface area contributed by atoms with Gasteiger partial charge in [-0.15, -0.1) is 13.2 Å². The van der Waals surface area contributed by atoms with Crippen molar-refractivity contribution >= 4 is 12.4 Å². The maximum atomic E-state index is 12.3. The monoisotopic (exact) mass is 245 g/mol. The van der Waals surface area contributed by atoms with Crippen molar-refractivity contribution in [2.24, 2.45) is 0 Å². The summed E-state index contributed by atoms with van der Waals surface area (Å²) >= 11 is 0. The van der Waals surface area contributed by atoms with Crippen LogP contribution >= 0.6 is 0 Å². The number of alkyl halides is 3. The third-order valence-electron chi connectivity index (χ3n) is 1.60. The summed E-state index contributed by atoms with van der Waals surface area (Å²) in [6.07, 6.45) is -5.25. The lowest BCUT2D eigenvalue weighted by Gasteiger charge is -2.21. The van der Waals surface area contributed by atoms with Crippen molar-refractivity contribution in [1.29, 1.82) is 0 Å². The van der Waals surface area contributed by atoms with Crippen LogP contribution in [0.25, 0.3) is 0 Å². The third-order valence-corrected chi connectivity index (χ3v) is 1.60. The number of hydrogen-bond acceptors (Lipinski definition) is 2. The Morgan fingerprint density at radius 3 is 2.12 bits per heavy atom. The number of rotatable bonds is 2. The lowest BCUT2D eigenvalue weighted by molar-refractivity contribution is -0.274.